The minimum atomic E-state index is -3.59. The van der Waals surface area contributed by atoms with E-state index >= 15 is 0 Å². The largest absolute Gasteiger partial charge is 0.301 e. The van der Waals surface area contributed by atoms with Crippen molar-refractivity contribution in [3.63, 3.8) is 0 Å². The van der Waals surface area contributed by atoms with E-state index in [0.29, 0.717) is 23.5 Å². The van der Waals surface area contributed by atoms with Gasteiger partial charge in [-0.2, -0.15) is 12.7 Å². The fourth-order valence-electron chi connectivity index (χ4n) is 2.00. The highest BCUT2D eigenvalue weighted by atomic mass is 79.9. The molecule has 1 aliphatic heterocycles. The van der Waals surface area contributed by atoms with Crippen LogP contribution in [0.2, 0.25) is 0 Å². The van der Waals surface area contributed by atoms with E-state index in [2.05, 4.69) is 27.6 Å². The number of hydrogen-bond donors (Lipinski definition) is 1. The van der Waals surface area contributed by atoms with Crippen molar-refractivity contribution in [3.8, 4) is 0 Å². The molecule has 0 saturated carbocycles. The van der Waals surface area contributed by atoms with Gasteiger partial charge in [0.25, 0.3) is 0 Å². The molecule has 0 bridgehead atoms. The number of halogens is 2. The molecule has 4 nitrogen and oxygen atoms in total. The van der Waals surface area contributed by atoms with Gasteiger partial charge in [0.15, 0.2) is 0 Å². The van der Waals surface area contributed by atoms with Crippen molar-refractivity contribution in [2.45, 2.75) is 19.8 Å². The zero-order valence-electron chi connectivity index (χ0n) is 10.6. The highest BCUT2D eigenvalue weighted by molar-refractivity contribution is 9.10. The summed E-state index contributed by atoms with van der Waals surface area (Å²) in [6.45, 7) is 3.13. The Labute approximate surface area is 121 Å². The second-order valence-corrected chi connectivity index (χ2v) is 7.34. The van der Waals surface area contributed by atoms with Crippen molar-refractivity contribution in [3.05, 3.63) is 28.5 Å². The lowest BCUT2D eigenvalue weighted by Crippen LogP contribution is -2.41. The number of rotatable bonds is 3. The van der Waals surface area contributed by atoms with Gasteiger partial charge >= 0.3 is 10.2 Å². The van der Waals surface area contributed by atoms with Crippen molar-refractivity contribution in [2.75, 3.05) is 17.8 Å². The minimum Gasteiger partial charge on any atom is -0.271 e. The fraction of sp³-hybridized carbons (Fsp3) is 0.500. The lowest BCUT2D eigenvalue weighted by atomic mass is 10.0. The van der Waals surface area contributed by atoms with Gasteiger partial charge < -0.3 is 0 Å². The van der Waals surface area contributed by atoms with Crippen LogP contribution in [0, 0.1) is 11.7 Å². The summed E-state index contributed by atoms with van der Waals surface area (Å²) in [4.78, 5) is 0. The average Bonchev–Trinajstić information content (AvgIpc) is 2.34. The number of nitrogens with one attached hydrogen (secondary N) is 1. The Morgan fingerprint density at radius 2 is 2.00 bits per heavy atom. The number of benzene rings is 1. The summed E-state index contributed by atoms with van der Waals surface area (Å²) in [6, 6.07) is 4.16. The standard InChI is InChI=1S/C12H16BrFN2O2S/c1-9-4-6-16(7-5-9)19(17,18)15-10-2-3-11(13)12(14)8-10/h2-3,8-9,15H,4-7H2,1H3. The highest BCUT2D eigenvalue weighted by Crippen LogP contribution is 2.23. The van der Waals surface area contributed by atoms with Gasteiger partial charge in [-0.1, -0.05) is 6.92 Å². The van der Waals surface area contributed by atoms with Crippen LogP contribution in [0.15, 0.2) is 22.7 Å². The molecule has 0 aromatic heterocycles. The zero-order chi connectivity index (χ0) is 14.0. The number of nitrogens with zero attached hydrogens (tertiary/aromatic N) is 1. The number of anilines is 1. The second kappa shape index (κ2) is 5.76. The summed E-state index contributed by atoms with van der Waals surface area (Å²) >= 11 is 3.03. The van der Waals surface area contributed by atoms with E-state index in [4.69, 9.17) is 0 Å². The summed E-state index contributed by atoms with van der Waals surface area (Å²) in [5, 5.41) is 0. The second-order valence-electron chi connectivity index (χ2n) is 4.82. The van der Waals surface area contributed by atoms with Crippen molar-refractivity contribution in [1.82, 2.24) is 4.31 Å². The third-order valence-corrected chi connectivity index (χ3v) is 5.43. The Hall–Kier alpha value is -0.660. The Bertz CT molecular complexity index is 557. The number of piperidine rings is 1. The molecule has 106 valence electrons. The summed E-state index contributed by atoms with van der Waals surface area (Å²) in [5.41, 5.74) is 0.235. The van der Waals surface area contributed by atoms with Crippen molar-refractivity contribution in [2.24, 2.45) is 5.92 Å². The summed E-state index contributed by atoms with van der Waals surface area (Å²) in [7, 11) is -3.59. The minimum absolute atomic E-state index is 0.235. The summed E-state index contributed by atoms with van der Waals surface area (Å²) in [6.07, 6.45) is 1.71. The highest BCUT2D eigenvalue weighted by Gasteiger charge is 2.26. The maximum absolute atomic E-state index is 13.4. The van der Waals surface area contributed by atoms with Crippen molar-refractivity contribution in [1.29, 1.82) is 0 Å². The molecule has 1 aliphatic rings. The molecule has 0 aliphatic carbocycles. The van der Waals surface area contributed by atoms with Crippen LogP contribution in [0.5, 0.6) is 0 Å². The maximum atomic E-state index is 13.4. The monoisotopic (exact) mass is 350 g/mol. The Morgan fingerprint density at radius 1 is 1.37 bits per heavy atom. The van der Waals surface area contributed by atoms with E-state index in [1.165, 1.54) is 16.4 Å². The van der Waals surface area contributed by atoms with Gasteiger partial charge in [-0.15, -0.1) is 0 Å². The van der Waals surface area contributed by atoms with E-state index in [9.17, 15) is 12.8 Å². The first-order chi connectivity index (χ1) is 8.88. The molecule has 19 heavy (non-hydrogen) atoms. The van der Waals surface area contributed by atoms with Crippen LogP contribution in [-0.2, 0) is 10.2 Å². The fourth-order valence-corrected chi connectivity index (χ4v) is 3.49. The van der Waals surface area contributed by atoms with Gasteiger partial charge in [-0.25, -0.2) is 4.39 Å². The molecule has 0 amide bonds. The zero-order valence-corrected chi connectivity index (χ0v) is 13.0. The van der Waals surface area contributed by atoms with E-state index in [-0.39, 0.29) is 5.69 Å². The summed E-state index contributed by atoms with van der Waals surface area (Å²) < 4.78 is 41.8. The van der Waals surface area contributed by atoms with E-state index < -0.39 is 16.0 Å². The molecular formula is C12H16BrFN2O2S. The predicted octanol–water partition coefficient (Wildman–Crippen LogP) is 2.98. The number of hydrogen-bond acceptors (Lipinski definition) is 2. The van der Waals surface area contributed by atoms with E-state index in [0.717, 1.165) is 18.9 Å². The molecule has 1 fully saturated rings. The van der Waals surface area contributed by atoms with Crippen LogP contribution in [0.1, 0.15) is 19.8 Å². The first-order valence-corrected chi connectivity index (χ1v) is 8.35. The first kappa shape index (κ1) is 14.7. The molecule has 0 radical (unpaired) electrons. The molecule has 1 N–H and O–H groups in total. The Morgan fingerprint density at radius 3 is 2.58 bits per heavy atom. The third-order valence-electron chi connectivity index (χ3n) is 3.25. The maximum Gasteiger partial charge on any atom is 0.301 e. The lowest BCUT2D eigenvalue weighted by Gasteiger charge is -2.29. The van der Waals surface area contributed by atoms with Crippen molar-refractivity contribution < 1.29 is 12.8 Å². The molecule has 1 aromatic rings. The van der Waals surface area contributed by atoms with Crippen LogP contribution in [0.25, 0.3) is 0 Å². The predicted molar refractivity (Wildman–Crippen MR) is 76.6 cm³/mol. The topological polar surface area (TPSA) is 49.4 Å². The molecule has 1 aromatic carbocycles. The molecular weight excluding hydrogens is 335 g/mol. The molecule has 2 rings (SSSR count). The van der Waals surface area contributed by atoms with Crippen molar-refractivity contribution >= 4 is 31.8 Å². The van der Waals surface area contributed by atoms with Gasteiger partial charge in [0.1, 0.15) is 5.82 Å². The Kier molecular flexibility index (Phi) is 4.47. The first-order valence-electron chi connectivity index (χ1n) is 6.11. The van der Waals surface area contributed by atoms with E-state index in [1.54, 1.807) is 0 Å². The van der Waals surface area contributed by atoms with Gasteiger partial charge in [-0.3, -0.25) is 4.72 Å². The quantitative estimate of drug-likeness (QED) is 0.910. The molecule has 7 heteroatoms. The molecule has 1 saturated heterocycles. The van der Waals surface area contributed by atoms with Crippen LogP contribution in [-0.4, -0.2) is 25.8 Å². The molecule has 0 atom stereocenters. The Balaban J connectivity index is 2.10. The van der Waals surface area contributed by atoms with Gasteiger partial charge in [0.2, 0.25) is 0 Å². The van der Waals surface area contributed by atoms with Crippen LogP contribution >= 0.6 is 15.9 Å². The SMILES string of the molecule is CC1CCN(S(=O)(=O)Nc2ccc(Br)c(F)c2)CC1. The van der Waals surface area contributed by atoms with Gasteiger partial charge in [0.05, 0.1) is 10.2 Å². The third kappa shape index (κ3) is 3.67. The van der Waals surface area contributed by atoms with Gasteiger partial charge in [0, 0.05) is 13.1 Å². The van der Waals surface area contributed by atoms with Crippen LogP contribution < -0.4 is 4.72 Å². The van der Waals surface area contributed by atoms with Crippen LogP contribution in [0.4, 0.5) is 10.1 Å². The molecule has 0 spiro atoms. The normalized spacial score (nSPS) is 18.5. The molecule has 1 heterocycles. The van der Waals surface area contributed by atoms with Gasteiger partial charge in [-0.05, 0) is 52.9 Å². The smallest absolute Gasteiger partial charge is 0.271 e. The summed E-state index contributed by atoms with van der Waals surface area (Å²) in [5.74, 6) is 0.0593. The van der Waals surface area contributed by atoms with Crippen LogP contribution in [0.3, 0.4) is 0 Å². The van der Waals surface area contributed by atoms with E-state index in [1.807, 2.05) is 0 Å². The lowest BCUT2D eigenvalue weighted by molar-refractivity contribution is 0.289. The molecule has 0 unspecified atom stereocenters. The average molecular weight is 351 g/mol.